The highest BCUT2D eigenvalue weighted by atomic mass is 16.5. The molecule has 1 aromatic heterocycles. The van der Waals surface area contributed by atoms with E-state index in [1.807, 2.05) is 0 Å². The largest absolute Gasteiger partial charge is 0.396 e. The first-order chi connectivity index (χ1) is 9.31. The highest BCUT2D eigenvalue weighted by Crippen LogP contribution is 2.15. The van der Waals surface area contributed by atoms with Gasteiger partial charge >= 0.3 is 6.03 Å². The average molecular weight is 284 g/mol. The van der Waals surface area contributed by atoms with Gasteiger partial charge in [-0.3, -0.25) is 0 Å². The summed E-state index contributed by atoms with van der Waals surface area (Å²) in [6.45, 7) is 9.33. The van der Waals surface area contributed by atoms with Gasteiger partial charge in [0.25, 0.3) is 0 Å². The zero-order valence-electron chi connectivity index (χ0n) is 12.6. The van der Waals surface area contributed by atoms with Gasteiger partial charge < -0.3 is 19.8 Å². The number of urea groups is 1. The van der Waals surface area contributed by atoms with Crippen LogP contribution in [-0.2, 0) is 6.54 Å². The molecule has 1 rings (SSSR count). The summed E-state index contributed by atoms with van der Waals surface area (Å²) in [5.74, 6) is 0.926. The number of aliphatic hydroxyl groups excluding tert-OH is 1. The zero-order chi connectivity index (χ0) is 15.2. The standard InChI is InChI=1S/C13H24N4O3/c1-10-15-11(16-20-10)8-14-12(19)17(6-5-7-18)9-13(2,3)4/h18H,5-9H2,1-4H3,(H,14,19). The van der Waals surface area contributed by atoms with E-state index >= 15 is 0 Å². The molecule has 0 saturated carbocycles. The summed E-state index contributed by atoms with van der Waals surface area (Å²) in [4.78, 5) is 17.9. The molecule has 0 saturated heterocycles. The maximum atomic E-state index is 12.2. The van der Waals surface area contributed by atoms with Crippen molar-refractivity contribution in [3.8, 4) is 0 Å². The van der Waals surface area contributed by atoms with Crippen LogP contribution in [0.2, 0.25) is 0 Å². The molecule has 1 aromatic rings. The molecule has 2 amide bonds. The van der Waals surface area contributed by atoms with Crippen LogP contribution in [0.25, 0.3) is 0 Å². The number of aliphatic hydroxyl groups is 1. The first kappa shape index (κ1) is 16.4. The van der Waals surface area contributed by atoms with Crippen molar-refractivity contribution < 1.29 is 14.4 Å². The van der Waals surface area contributed by atoms with Crippen LogP contribution in [-0.4, -0.2) is 45.9 Å². The maximum Gasteiger partial charge on any atom is 0.317 e. The Balaban J connectivity index is 2.53. The summed E-state index contributed by atoms with van der Waals surface area (Å²) < 4.78 is 4.84. The molecule has 0 unspecified atom stereocenters. The van der Waals surface area contributed by atoms with Gasteiger partial charge in [-0.05, 0) is 11.8 Å². The van der Waals surface area contributed by atoms with Crippen molar-refractivity contribution in [3.05, 3.63) is 11.7 Å². The first-order valence-corrected chi connectivity index (χ1v) is 6.74. The van der Waals surface area contributed by atoms with Crippen molar-refractivity contribution >= 4 is 6.03 Å². The molecule has 0 bridgehead atoms. The van der Waals surface area contributed by atoms with Gasteiger partial charge in [-0.25, -0.2) is 4.79 Å². The maximum absolute atomic E-state index is 12.2. The molecule has 2 N–H and O–H groups in total. The molecule has 0 aliphatic heterocycles. The van der Waals surface area contributed by atoms with Crippen molar-refractivity contribution in [2.24, 2.45) is 5.41 Å². The second-order valence-electron chi connectivity index (χ2n) is 5.95. The third-order valence-electron chi connectivity index (χ3n) is 2.51. The van der Waals surface area contributed by atoms with Gasteiger partial charge in [-0.1, -0.05) is 25.9 Å². The third kappa shape index (κ3) is 6.01. The number of nitrogens with one attached hydrogen (secondary N) is 1. The van der Waals surface area contributed by atoms with E-state index in [0.29, 0.717) is 31.2 Å². The molecular weight excluding hydrogens is 260 g/mol. The predicted molar refractivity (Wildman–Crippen MR) is 74.0 cm³/mol. The minimum absolute atomic E-state index is 0.00444. The predicted octanol–water partition coefficient (Wildman–Crippen LogP) is 1.32. The molecule has 114 valence electrons. The Morgan fingerprint density at radius 1 is 1.45 bits per heavy atom. The fraction of sp³-hybridized carbons (Fsp3) is 0.769. The molecule has 0 radical (unpaired) electrons. The van der Waals surface area contributed by atoms with Crippen LogP contribution in [0.4, 0.5) is 4.79 Å². The van der Waals surface area contributed by atoms with E-state index in [9.17, 15) is 4.79 Å². The summed E-state index contributed by atoms with van der Waals surface area (Å²) >= 11 is 0. The zero-order valence-corrected chi connectivity index (χ0v) is 12.6. The van der Waals surface area contributed by atoms with Crippen LogP contribution in [0.5, 0.6) is 0 Å². The molecule has 0 spiro atoms. The molecule has 0 fully saturated rings. The summed E-state index contributed by atoms with van der Waals surface area (Å²) in [6.07, 6.45) is 0.560. The number of carbonyl (C=O) groups is 1. The molecule has 0 aliphatic rings. The monoisotopic (exact) mass is 284 g/mol. The van der Waals surface area contributed by atoms with Crippen LogP contribution < -0.4 is 5.32 Å². The smallest absolute Gasteiger partial charge is 0.317 e. The second-order valence-corrected chi connectivity index (χ2v) is 5.95. The van der Waals surface area contributed by atoms with Gasteiger partial charge in [0.15, 0.2) is 5.82 Å². The first-order valence-electron chi connectivity index (χ1n) is 6.74. The number of carbonyl (C=O) groups excluding carboxylic acids is 1. The van der Waals surface area contributed by atoms with Crippen molar-refractivity contribution in [3.63, 3.8) is 0 Å². The van der Waals surface area contributed by atoms with E-state index in [0.717, 1.165) is 0 Å². The Kier molecular flexibility index (Phi) is 5.94. The lowest BCUT2D eigenvalue weighted by molar-refractivity contribution is 0.164. The molecule has 0 aromatic carbocycles. The summed E-state index contributed by atoms with van der Waals surface area (Å²) in [5.41, 5.74) is -0.00444. The summed E-state index contributed by atoms with van der Waals surface area (Å²) in [6, 6.07) is -0.184. The average Bonchev–Trinajstić information content (AvgIpc) is 2.76. The Labute approximate surface area is 119 Å². The van der Waals surface area contributed by atoms with E-state index < -0.39 is 0 Å². The Hall–Kier alpha value is -1.63. The lowest BCUT2D eigenvalue weighted by atomic mass is 9.96. The van der Waals surface area contributed by atoms with Gasteiger partial charge in [-0.15, -0.1) is 0 Å². The second kappa shape index (κ2) is 7.23. The molecule has 0 atom stereocenters. The third-order valence-corrected chi connectivity index (χ3v) is 2.51. The van der Waals surface area contributed by atoms with E-state index in [1.54, 1.807) is 11.8 Å². The minimum Gasteiger partial charge on any atom is -0.396 e. The van der Waals surface area contributed by atoms with E-state index in [4.69, 9.17) is 9.63 Å². The summed E-state index contributed by atoms with van der Waals surface area (Å²) in [5, 5.41) is 15.4. The number of rotatable bonds is 6. The highest BCUT2D eigenvalue weighted by molar-refractivity contribution is 5.74. The fourth-order valence-electron chi connectivity index (χ4n) is 1.77. The molecule has 1 heterocycles. The van der Waals surface area contributed by atoms with Crippen LogP contribution in [0, 0.1) is 12.3 Å². The topological polar surface area (TPSA) is 91.5 Å². The van der Waals surface area contributed by atoms with Gasteiger partial charge in [0.1, 0.15) is 0 Å². The number of aromatic nitrogens is 2. The quantitative estimate of drug-likeness (QED) is 0.822. The molecule has 7 heteroatoms. The van der Waals surface area contributed by atoms with Crippen LogP contribution in [0.3, 0.4) is 0 Å². The molecular formula is C13H24N4O3. The SMILES string of the molecule is Cc1nc(CNC(=O)N(CCCO)CC(C)(C)C)no1. The molecule has 0 aliphatic carbocycles. The van der Waals surface area contributed by atoms with Crippen molar-refractivity contribution in [1.82, 2.24) is 20.4 Å². The van der Waals surface area contributed by atoms with Crippen LogP contribution >= 0.6 is 0 Å². The van der Waals surface area contributed by atoms with Crippen molar-refractivity contribution in [2.45, 2.75) is 40.7 Å². The number of aryl methyl sites for hydroxylation is 1. The Morgan fingerprint density at radius 2 is 2.15 bits per heavy atom. The van der Waals surface area contributed by atoms with Crippen LogP contribution in [0.15, 0.2) is 4.52 Å². The normalized spacial score (nSPS) is 11.4. The number of nitrogens with zero attached hydrogens (tertiary/aromatic N) is 3. The molecule has 20 heavy (non-hydrogen) atoms. The van der Waals surface area contributed by atoms with E-state index in [1.165, 1.54) is 0 Å². The van der Waals surface area contributed by atoms with Crippen LogP contribution in [0.1, 0.15) is 38.9 Å². The van der Waals surface area contributed by atoms with E-state index in [2.05, 4.69) is 36.2 Å². The lowest BCUT2D eigenvalue weighted by Crippen LogP contribution is -2.44. The fourth-order valence-corrected chi connectivity index (χ4v) is 1.77. The van der Waals surface area contributed by atoms with Crippen molar-refractivity contribution in [2.75, 3.05) is 19.7 Å². The highest BCUT2D eigenvalue weighted by Gasteiger charge is 2.20. The lowest BCUT2D eigenvalue weighted by Gasteiger charge is -2.29. The number of amides is 2. The number of hydrogen-bond donors (Lipinski definition) is 2. The van der Waals surface area contributed by atoms with Gasteiger partial charge in [-0.2, -0.15) is 4.98 Å². The van der Waals surface area contributed by atoms with Gasteiger partial charge in [0.05, 0.1) is 6.54 Å². The summed E-state index contributed by atoms with van der Waals surface area (Å²) in [7, 11) is 0. The Bertz CT molecular complexity index is 425. The molecule has 7 nitrogen and oxygen atoms in total. The van der Waals surface area contributed by atoms with Gasteiger partial charge in [0.2, 0.25) is 5.89 Å². The minimum atomic E-state index is -0.184. The number of hydrogen-bond acceptors (Lipinski definition) is 5. The van der Waals surface area contributed by atoms with E-state index in [-0.39, 0.29) is 24.6 Å². The van der Waals surface area contributed by atoms with Crippen molar-refractivity contribution in [1.29, 1.82) is 0 Å². The van der Waals surface area contributed by atoms with Gasteiger partial charge in [0, 0.05) is 26.6 Å². The Morgan fingerprint density at radius 3 is 2.65 bits per heavy atom.